The Morgan fingerprint density at radius 3 is 2.89 bits per heavy atom. The maximum absolute atomic E-state index is 11.8. The third-order valence-electron chi connectivity index (χ3n) is 2.53. The zero-order chi connectivity index (χ0) is 13.9. The van der Waals surface area contributed by atoms with Gasteiger partial charge in [-0.05, 0) is 12.1 Å². The van der Waals surface area contributed by atoms with E-state index in [-0.39, 0.29) is 18.0 Å². The van der Waals surface area contributed by atoms with Gasteiger partial charge in [0.2, 0.25) is 10.0 Å². The molecule has 0 amide bonds. The third-order valence-corrected chi connectivity index (χ3v) is 3.77. The number of carbonyl (C=O) groups excluding carboxylic acids is 1. The predicted molar refractivity (Wildman–Crippen MR) is 70.1 cm³/mol. The Hall–Kier alpha value is -2.09. The van der Waals surface area contributed by atoms with Gasteiger partial charge in [-0.15, -0.1) is 0 Å². The van der Waals surface area contributed by atoms with Gasteiger partial charge in [0.1, 0.15) is 0 Å². The molecule has 0 saturated heterocycles. The molecule has 1 aromatic carbocycles. The van der Waals surface area contributed by atoms with Crippen LogP contribution in [0.15, 0.2) is 24.3 Å². The average Bonchev–Trinajstić information content (AvgIpc) is 2.79. The number of fused-ring (bicyclic) bond motifs is 1. The van der Waals surface area contributed by atoms with E-state index in [1.807, 2.05) is 6.07 Å². The summed E-state index contributed by atoms with van der Waals surface area (Å²) >= 11 is 0. The van der Waals surface area contributed by atoms with Gasteiger partial charge in [0.25, 0.3) is 0 Å². The minimum absolute atomic E-state index is 0.200. The first-order valence-electron chi connectivity index (χ1n) is 5.52. The normalized spacial score (nSPS) is 11.4. The topological polar surface area (TPSA) is 101 Å². The van der Waals surface area contributed by atoms with Gasteiger partial charge in [0.05, 0.1) is 24.8 Å². The van der Waals surface area contributed by atoms with E-state index in [1.54, 1.807) is 18.2 Å². The van der Waals surface area contributed by atoms with Crippen LogP contribution in [0.3, 0.4) is 0 Å². The van der Waals surface area contributed by atoms with Crippen molar-refractivity contribution in [3.63, 3.8) is 0 Å². The van der Waals surface area contributed by atoms with Gasteiger partial charge < -0.3 is 4.74 Å². The summed E-state index contributed by atoms with van der Waals surface area (Å²) in [7, 11) is -2.42. The highest BCUT2D eigenvalue weighted by Crippen LogP contribution is 2.20. The summed E-state index contributed by atoms with van der Waals surface area (Å²) in [4.78, 5) is 10.9. The van der Waals surface area contributed by atoms with Gasteiger partial charge in [-0.25, -0.2) is 8.42 Å². The quantitative estimate of drug-likeness (QED) is 0.793. The molecule has 1 heterocycles. The van der Waals surface area contributed by atoms with E-state index in [2.05, 4.69) is 19.7 Å². The Bertz CT molecular complexity index is 693. The van der Waals surface area contributed by atoms with Crippen LogP contribution >= 0.6 is 0 Å². The average molecular weight is 283 g/mol. The highest BCUT2D eigenvalue weighted by Gasteiger charge is 2.16. The molecule has 0 atom stereocenters. The van der Waals surface area contributed by atoms with E-state index in [0.29, 0.717) is 5.39 Å². The van der Waals surface area contributed by atoms with Gasteiger partial charge in [-0.2, -0.15) is 5.10 Å². The standard InChI is InChI=1S/C11H13N3O4S/c1-18-10(15)6-7-19(16,17)14-11-8-4-2-3-5-9(8)12-13-11/h2-5H,6-7H2,1H3,(H2,12,13,14). The molecule has 0 aliphatic rings. The number of aromatic nitrogens is 2. The number of H-pyrrole nitrogens is 1. The fourth-order valence-corrected chi connectivity index (χ4v) is 2.55. The van der Waals surface area contributed by atoms with Crippen LogP contribution in [0.1, 0.15) is 6.42 Å². The minimum atomic E-state index is -3.63. The molecule has 8 heteroatoms. The first kappa shape index (κ1) is 13.3. The van der Waals surface area contributed by atoms with Crippen LogP contribution in [0.5, 0.6) is 0 Å². The maximum atomic E-state index is 11.8. The van der Waals surface area contributed by atoms with E-state index in [1.165, 1.54) is 7.11 Å². The second-order valence-corrected chi connectivity index (χ2v) is 5.71. The van der Waals surface area contributed by atoms with Crippen LogP contribution in [0.4, 0.5) is 5.82 Å². The highest BCUT2D eigenvalue weighted by atomic mass is 32.2. The summed E-state index contributed by atoms with van der Waals surface area (Å²) in [6.45, 7) is 0. The lowest BCUT2D eigenvalue weighted by Gasteiger charge is -2.04. The molecule has 19 heavy (non-hydrogen) atoms. The third kappa shape index (κ3) is 3.22. The van der Waals surface area contributed by atoms with Crippen LogP contribution in [0.25, 0.3) is 10.9 Å². The Labute approximate surface area is 110 Å². The van der Waals surface area contributed by atoms with Crippen molar-refractivity contribution in [2.45, 2.75) is 6.42 Å². The predicted octanol–water partition coefficient (Wildman–Crippen LogP) is 0.868. The number of methoxy groups -OCH3 is 1. The molecule has 0 aliphatic carbocycles. The number of nitrogens with one attached hydrogen (secondary N) is 2. The molecule has 0 saturated carbocycles. The summed E-state index contributed by atoms with van der Waals surface area (Å²) in [6.07, 6.45) is -0.200. The minimum Gasteiger partial charge on any atom is -0.469 e. The summed E-state index contributed by atoms with van der Waals surface area (Å²) in [5.74, 6) is -0.696. The lowest BCUT2D eigenvalue weighted by atomic mass is 10.2. The van der Waals surface area contributed by atoms with Gasteiger partial charge in [-0.1, -0.05) is 12.1 Å². The fourth-order valence-electron chi connectivity index (χ4n) is 1.56. The highest BCUT2D eigenvalue weighted by molar-refractivity contribution is 7.92. The fraction of sp³-hybridized carbons (Fsp3) is 0.273. The second kappa shape index (κ2) is 5.27. The van der Waals surface area contributed by atoms with Crippen molar-refractivity contribution >= 4 is 32.7 Å². The zero-order valence-electron chi connectivity index (χ0n) is 10.2. The molecular weight excluding hydrogens is 270 g/mol. The number of ether oxygens (including phenoxy) is 1. The number of hydrogen-bond donors (Lipinski definition) is 2. The summed E-state index contributed by atoms with van der Waals surface area (Å²) in [5, 5.41) is 7.29. The van der Waals surface area contributed by atoms with Crippen LogP contribution in [-0.2, 0) is 19.6 Å². The van der Waals surface area contributed by atoms with E-state index in [0.717, 1.165) is 5.52 Å². The smallest absolute Gasteiger partial charge is 0.306 e. The Balaban J connectivity index is 2.14. The molecule has 2 rings (SSSR count). The van der Waals surface area contributed by atoms with Gasteiger partial charge in [-0.3, -0.25) is 14.6 Å². The largest absolute Gasteiger partial charge is 0.469 e. The number of hydrogen-bond acceptors (Lipinski definition) is 5. The van der Waals surface area contributed by atoms with Crippen molar-refractivity contribution < 1.29 is 17.9 Å². The number of rotatable bonds is 5. The van der Waals surface area contributed by atoms with Crippen LogP contribution in [-0.4, -0.2) is 37.4 Å². The van der Waals surface area contributed by atoms with E-state index < -0.39 is 16.0 Å². The molecular formula is C11H13N3O4S. The molecule has 1 aromatic heterocycles. The number of sulfonamides is 1. The van der Waals surface area contributed by atoms with Gasteiger partial charge in [0, 0.05) is 5.39 Å². The number of nitrogens with zero attached hydrogens (tertiary/aromatic N) is 1. The molecule has 7 nitrogen and oxygen atoms in total. The van der Waals surface area contributed by atoms with E-state index >= 15 is 0 Å². The Morgan fingerprint density at radius 2 is 2.16 bits per heavy atom. The molecule has 102 valence electrons. The molecule has 2 N–H and O–H groups in total. The lowest BCUT2D eigenvalue weighted by Crippen LogP contribution is -2.19. The number of esters is 1. The van der Waals surface area contributed by atoms with Crippen molar-refractivity contribution in [2.24, 2.45) is 0 Å². The number of benzene rings is 1. The van der Waals surface area contributed by atoms with Crippen LogP contribution in [0, 0.1) is 0 Å². The summed E-state index contributed by atoms with van der Waals surface area (Å²) in [6, 6.07) is 7.13. The number of carbonyl (C=O) groups is 1. The lowest BCUT2D eigenvalue weighted by molar-refractivity contribution is -0.140. The van der Waals surface area contributed by atoms with Crippen molar-refractivity contribution in [3.8, 4) is 0 Å². The molecule has 0 spiro atoms. The molecule has 2 aromatic rings. The number of aromatic amines is 1. The van der Waals surface area contributed by atoms with E-state index in [4.69, 9.17) is 0 Å². The van der Waals surface area contributed by atoms with E-state index in [9.17, 15) is 13.2 Å². The Morgan fingerprint density at radius 1 is 1.42 bits per heavy atom. The SMILES string of the molecule is COC(=O)CCS(=O)(=O)Nc1n[nH]c2ccccc12. The first-order chi connectivity index (χ1) is 9.02. The van der Waals surface area contributed by atoms with Crippen molar-refractivity contribution in [3.05, 3.63) is 24.3 Å². The molecule has 0 radical (unpaired) electrons. The van der Waals surface area contributed by atoms with Gasteiger partial charge in [0.15, 0.2) is 5.82 Å². The van der Waals surface area contributed by atoms with Crippen LogP contribution in [0.2, 0.25) is 0 Å². The van der Waals surface area contributed by atoms with Crippen molar-refractivity contribution in [1.82, 2.24) is 10.2 Å². The van der Waals surface area contributed by atoms with Crippen molar-refractivity contribution in [2.75, 3.05) is 17.6 Å². The summed E-state index contributed by atoms with van der Waals surface area (Å²) in [5.41, 5.74) is 0.730. The monoisotopic (exact) mass is 283 g/mol. The van der Waals surface area contributed by atoms with Crippen molar-refractivity contribution in [1.29, 1.82) is 0 Å². The zero-order valence-corrected chi connectivity index (χ0v) is 11.0. The maximum Gasteiger partial charge on any atom is 0.306 e. The number of anilines is 1. The molecule has 0 unspecified atom stereocenters. The first-order valence-corrected chi connectivity index (χ1v) is 7.17. The molecule has 0 fully saturated rings. The number of para-hydroxylation sites is 1. The molecule has 0 bridgehead atoms. The van der Waals surface area contributed by atoms with Gasteiger partial charge >= 0.3 is 5.97 Å². The molecule has 0 aliphatic heterocycles. The van der Waals surface area contributed by atoms with Crippen LogP contribution < -0.4 is 4.72 Å². The summed E-state index contributed by atoms with van der Waals surface area (Å²) < 4.78 is 30.3. The second-order valence-electron chi connectivity index (χ2n) is 3.86. The Kier molecular flexibility index (Phi) is 3.70.